The lowest BCUT2D eigenvalue weighted by Gasteiger charge is -2.13. The minimum atomic E-state index is -3.16. The van der Waals surface area contributed by atoms with Crippen molar-refractivity contribution >= 4 is 10.0 Å². The third kappa shape index (κ3) is 7.25. The maximum Gasteiger partial charge on any atom is 0.211 e. The van der Waals surface area contributed by atoms with Crippen LogP contribution in [0.1, 0.15) is 19.8 Å². The second kappa shape index (κ2) is 7.17. The molecule has 0 aliphatic carbocycles. The van der Waals surface area contributed by atoms with Gasteiger partial charge in [0.05, 0.1) is 5.75 Å². The third-order valence-corrected chi connectivity index (χ3v) is 3.34. The maximum absolute atomic E-state index is 11.4. The molecule has 0 bridgehead atoms. The fourth-order valence-electron chi connectivity index (χ4n) is 0.992. The van der Waals surface area contributed by atoms with Crippen LogP contribution in [-0.2, 0) is 14.8 Å². The van der Waals surface area contributed by atoms with Gasteiger partial charge in [-0.3, -0.25) is 0 Å². The van der Waals surface area contributed by atoms with Gasteiger partial charge in [0.15, 0.2) is 0 Å². The Balaban J connectivity index is 3.83. The highest BCUT2D eigenvalue weighted by molar-refractivity contribution is 7.89. The third-order valence-electron chi connectivity index (χ3n) is 1.75. The van der Waals surface area contributed by atoms with Gasteiger partial charge in [-0.1, -0.05) is 0 Å². The summed E-state index contributed by atoms with van der Waals surface area (Å²) in [5, 5.41) is 0. The highest BCUT2D eigenvalue weighted by Gasteiger charge is 2.13. The van der Waals surface area contributed by atoms with E-state index in [2.05, 4.69) is 4.72 Å². The molecule has 0 aromatic heterocycles. The first-order valence-corrected chi connectivity index (χ1v) is 6.36. The topological polar surface area (TPSA) is 81.4 Å². The predicted molar refractivity (Wildman–Crippen MR) is 56.5 cm³/mol. The molecule has 1 unspecified atom stereocenters. The van der Waals surface area contributed by atoms with Gasteiger partial charge in [-0.25, -0.2) is 13.1 Å². The molecule has 86 valence electrons. The van der Waals surface area contributed by atoms with Crippen LogP contribution in [0.4, 0.5) is 0 Å². The Labute approximate surface area is 86.1 Å². The summed E-state index contributed by atoms with van der Waals surface area (Å²) in [5.74, 6) is 0.0980. The van der Waals surface area contributed by atoms with E-state index >= 15 is 0 Å². The molecule has 0 rings (SSSR count). The molecule has 0 aliphatic rings. The molecule has 14 heavy (non-hydrogen) atoms. The summed E-state index contributed by atoms with van der Waals surface area (Å²) in [4.78, 5) is 0. The van der Waals surface area contributed by atoms with E-state index < -0.39 is 10.0 Å². The molecule has 0 saturated carbocycles. The van der Waals surface area contributed by atoms with Crippen molar-refractivity contribution in [3.63, 3.8) is 0 Å². The van der Waals surface area contributed by atoms with Gasteiger partial charge in [-0.2, -0.15) is 0 Å². The van der Waals surface area contributed by atoms with E-state index in [9.17, 15) is 8.42 Å². The van der Waals surface area contributed by atoms with Gasteiger partial charge < -0.3 is 10.5 Å². The Morgan fingerprint density at radius 3 is 2.64 bits per heavy atom. The first-order chi connectivity index (χ1) is 6.52. The summed E-state index contributed by atoms with van der Waals surface area (Å²) in [6.07, 6.45) is 1.17. The zero-order valence-corrected chi connectivity index (χ0v) is 9.64. The smallest absolute Gasteiger partial charge is 0.211 e. The Bertz CT molecular complexity index is 229. The average Bonchev–Trinajstić information content (AvgIpc) is 2.11. The lowest BCUT2D eigenvalue weighted by molar-refractivity contribution is 0.188. The maximum atomic E-state index is 11.4. The molecule has 0 aliphatic heterocycles. The Kier molecular flexibility index (Phi) is 7.08. The molecular formula is C8H20N2O3S. The Morgan fingerprint density at radius 2 is 2.14 bits per heavy atom. The van der Waals surface area contributed by atoms with Crippen molar-refractivity contribution in [1.82, 2.24) is 4.72 Å². The van der Waals surface area contributed by atoms with Gasteiger partial charge in [0.1, 0.15) is 0 Å². The van der Waals surface area contributed by atoms with E-state index in [0.29, 0.717) is 26.0 Å². The number of hydrogen-bond donors (Lipinski definition) is 2. The van der Waals surface area contributed by atoms with Crippen molar-refractivity contribution in [3.05, 3.63) is 0 Å². The lowest BCUT2D eigenvalue weighted by atomic mass is 10.3. The number of nitrogens with one attached hydrogen (secondary N) is 1. The van der Waals surface area contributed by atoms with Gasteiger partial charge in [0.2, 0.25) is 10.0 Å². The van der Waals surface area contributed by atoms with Crippen molar-refractivity contribution in [1.29, 1.82) is 0 Å². The number of nitrogens with two attached hydrogens (primary N) is 1. The molecular weight excluding hydrogens is 204 g/mol. The average molecular weight is 224 g/mol. The van der Waals surface area contributed by atoms with Gasteiger partial charge >= 0.3 is 0 Å². The van der Waals surface area contributed by atoms with E-state index in [4.69, 9.17) is 10.5 Å². The fourth-order valence-corrected chi connectivity index (χ4v) is 2.39. The predicted octanol–water partition coefficient (Wildman–Crippen LogP) is -0.320. The van der Waals surface area contributed by atoms with E-state index in [1.165, 1.54) is 0 Å². The van der Waals surface area contributed by atoms with Gasteiger partial charge in [-0.05, 0) is 26.3 Å². The second-order valence-electron chi connectivity index (χ2n) is 3.26. The van der Waals surface area contributed by atoms with E-state index in [1.54, 1.807) is 7.11 Å². The van der Waals surface area contributed by atoms with Crippen LogP contribution >= 0.6 is 0 Å². The van der Waals surface area contributed by atoms with Gasteiger partial charge in [-0.15, -0.1) is 0 Å². The van der Waals surface area contributed by atoms with Crippen molar-refractivity contribution < 1.29 is 13.2 Å². The van der Waals surface area contributed by atoms with Crippen molar-refractivity contribution in [2.45, 2.75) is 25.8 Å². The SMILES string of the molecule is COCCC(C)NS(=O)(=O)CCCN. The standard InChI is InChI=1S/C8H20N2O3S/c1-8(4-6-13-2)10-14(11,12)7-3-5-9/h8,10H,3-7,9H2,1-2H3. The molecule has 0 heterocycles. The normalized spacial score (nSPS) is 14.2. The fraction of sp³-hybridized carbons (Fsp3) is 1.00. The highest BCUT2D eigenvalue weighted by atomic mass is 32.2. The number of hydrogen-bond acceptors (Lipinski definition) is 4. The minimum absolute atomic E-state index is 0.0854. The monoisotopic (exact) mass is 224 g/mol. The minimum Gasteiger partial charge on any atom is -0.385 e. The largest absolute Gasteiger partial charge is 0.385 e. The molecule has 0 aromatic rings. The van der Waals surface area contributed by atoms with Crippen LogP contribution in [0.5, 0.6) is 0 Å². The summed E-state index contributed by atoms with van der Waals surface area (Å²) >= 11 is 0. The van der Waals surface area contributed by atoms with Crippen LogP contribution in [0.3, 0.4) is 0 Å². The second-order valence-corrected chi connectivity index (χ2v) is 5.13. The molecule has 5 nitrogen and oxygen atoms in total. The zero-order chi connectivity index (χ0) is 11.0. The summed E-state index contributed by atoms with van der Waals surface area (Å²) in [6.45, 7) is 2.77. The lowest BCUT2D eigenvalue weighted by Crippen LogP contribution is -2.35. The van der Waals surface area contributed by atoms with Crippen LogP contribution < -0.4 is 10.5 Å². The molecule has 6 heteroatoms. The van der Waals surface area contributed by atoms with Crippen LogP contribution in [0.2, 0.25) is 0 Å². The zero-order valence-electron chi connectivity index (χ0n) is 8.82. The van der Waals surface area contributed by atoms with E-state index in [1.807, 2.05) is 6.92 Å². The summed E-state index contributed by atoms with van der Waals surface area (Å²) in [7, 11) is -1.57. The Hall–Kier alpha value is -0.170. The van der Waals surface area contributed by atoms with Crippen LogP contribution in [0.25, 0.3) is 0 Å². The number of ether oxygens (including phenoxy) is 1. The van der Waals surface area contributed by atoms with Crippen molar-refractivity contribution in [2.75, 3.05) is 26.0 Å². The number of sulfonamides is 1. The quantitative estimate of drug-likeness (QED) is 0.592. The van der Waals surface area contributed by atoms with Gasteiger partial charge in [0.25, 0.3) is 0 Å². The molecule has 0 spiro atoms. The van der Waals surface area contributed by atoms with Gasteiger partial charge in [0, 0.05) is 19.8 Å². The summed E-state index contributed by atoms with van der Waals surface area (Å²) in [6, 6.07) is -0.0854. The molecule has 0 saturated heterocycles. The molecule has 0 radical (unpaired) electrons. The molecule has 3 N–H and O–H groups in total. The van der Waals surface area contributed by atoms with Crippen LogP contribution in [0.15, 0.2) is 0 Å². The summed E-state index contributed by atoms with van der Waals surface area (Å²) < 4.78 is 30.1. The summed E-state index contributed by atoms with van der Waals surface area (Å²) in [5.41, 5.74) is 5.23. The first kappa shape index (κ1) is 13.8. The highest BCUT2D eigenvalue weighted by Crippen LogP contribution is 1.96. The first-order valence-electron chi connectivity index (χ1n) is 4.71. The number of methoxy groups -OCH3 is 1. The molecule has 0 fully saturated rings. The van der Waals surface area contributed by atoms with Crippen molar-refractivity contribution in [3.8, 4) is 0 Å². The van der Waals surface area contributed by atoms with Crippen LogP contribution in [0, 0.1) is 0 Å². The van der Waals surface area contributed by atoms with E-state index in [-0.39, 0.29) is 11.8 Å². The van der Waals surface area contributed by atoms with E-state index in [0.717, 1.165) is 0 Å². The number of rotatable bonds is 8. The van der Waals surface area contributed by atoms with Crippen LogP contribution in [-0.4, -0.2) is 40.5 Å². The molecule has 0 amide bonds. The molecule has 1 atom stereocenters. The Morgan fingerprint density at radius 1 is 1.50 bits per heavy atom. The molecule has 0 aromatic carbocycles. The van der Waals surface area contributed by atoms with Crippen molar-refractivity contribution in [2.24, 2.45) is 5.73 Å².